The predicted molar refractivity (Wildman–Crippen MR) is 129 cm³/mol. The molecule has 0 fully saturated rings. The molecular weight excluding hydrogens is 448 g/mol. The molecule has 0 unspecified atom stereocenters. The fourth-order valence-electron chi connectivity index (χ4n) is 3.42. The average molecular weight is 472 g/mol. The Labute approximate surface area is 202 Å². The predicted octanol–water partition coefficient (Wildman–Crippen LogP) is 5.35. The number of amides is 1. The van der Waals surface area contributed by atoms with Crippen LogP contribution in [-0.2, 0) is 6.61 Å². The molecule has 0 aliphatic carbocycles. The fraction of sp³-hybridized carbons (Fsp3) is 0.148. The van der Waals surface area contributed by atoms with Crippen molar-refractivity contribution in [2.24, 2.45) is 0 Å². The highest BCUT2D eigenvalue weighted by atomic mass is 16.5. The minimum atomic E-state index is -0.565. The Balaban J connectivity index is 1.41. The van der Waals surface area contributed by atoms with Crippen LogP contribution in [0, 0.1) is 13.8 Å². The number of hydrogen-bond donors (Lipinski definition) is 1. The summed E-state index contributed by atoms with van der Waals surface area (Å²) in [4.78, 5) is 25.4. The molecule has 0 atom stereocenters. The van der Waals surface area contributed by atoms with E-state index in [0.29, 0.717) is 34.3 Å². The first-order valence-corrected chi connectivity index (χ1v) is 10.9. The monoisotopic (exact) mass is 472 g/mol. The number of nitrogens with zero attached hydrogens (tertiary/aromatic N) is 1. The number of hydrogen-bond acceptors (Lipinski definition) is 7. The summed E-state index contributed by atoms with van der Waals surface area (Å²) in [5.74, 6) is 0.983. The van der Waals surface area contributed by atoms with Crippen molar-refractivity contribution >= 4 is 17.6 Å². The van der Waals surface area contributed by atoms with E-state index in [0.717, 1.165) is 11.3 Å². The summed E-state index contributed by atoms with van der Waals surface area (Å²) < 4.78 is 21.8. The molecule has 4 aromatic rings. The van der Waals surface area contributed by atoms with Crippen LogP contribution in [0.15, 0.2) is 77.3 Å². The summed E-state index contributed by atoms with van der Waals surface area (Å²) >= 11 is 0. The molecule has 8 nitrogen and oxygen atoms in total. The van der Waals surface area contributed by atoms with Crippen molar-refractivity contribution in [3.05, 3.63) is 101 Å². The maximum absolute atomic E-state index is 12.8. The number of carbonyl (C=O) groups excluding carboxylic acids is 2. The summed E-state index contributed by atoms with van der Waals surface area (Å²) in [6.07, 6.45) is 0. The fourth-order valence-corrected chi connectivity index (χ4v) is 3.42. The molecule has 0 radical (unpaired) electrons. The molecule has 0 saturated heterocycles. The quantitative estimate of drug-likeness (QED) is 0.272. The number of esters is 1. The van der Waals surface area contributed by atoms with E-state index < -0.39 is 5.97 Å². The minimum Gasteiger partial charge on any atom is -0.496 e. The van der Waals surface area contributed by atoms with Crippen LogP contribution in [0.1, 0.15) is 37.7 Å². The minimum absolute atomic E-state index is 0.214. The van der Waals surface area contributed by atoms with Crippen LogP contribution in [0.5, 0.6) is 17.2 Å². The van der Waals surface area contributed by atoms with Crippen LogP contribution in [0.25, 0.3) is 0 Å². The van der Waals surface area contributed by atoms with Gasteiger partial charge in [-0.1, -0.05) is 29.4 Å². The van der Waals surface area contributed by atoms with Crippen LogP contribution in [0.2, 0.25) is 0 Å². The Morgan fingerprint density at radius 3 is 2.20 bits per heavy atom. The van der Waals surface area contributed by atoms with Crippen LogP contribution in [0.4, 0.5) is 5.69 Å². The number of para-hydroxylation sites is 2. The van der Waals surface area contributed by atoms with Gasteiger partial charge in [-0.05, 0) is 62.4 Å². The SMILES string of the molecule is COc1ccccc1C(=O)Nc1ccc(OC(=O)c2ccccc2OCc2c(C)noc2C)cc1. The van der Waals surface area contributed by atoms with Gasteiger partial charge in [-0.15, -0.1) is 0 Å². The lowest BCUT2D eigenvalue weighted by molar-refractivity contribution is 0.0729. The largest absolute Gasteiger partial charge is 0.496 e. The first-order valence-electron chi connectivity index (χ1n) is 10.9. The van der Waals surface area contributed by atoms with Gasteiger partial charge < -0.3 is 24.1 Å². The summed E-state index contributed by atoms with van der Waals surface area (Å²) in [5.41, 5.74) is 2.81. The summed E-state index contributed by atoms with van der Waals surface area (Å²) in [7, 11) is 1.51. The van der Waals surface area contributed by atoms with E-state index in [1.807, 2.05) is 6.92 Å². The van der Waals surface area contributed by atoms with Gasteiger partial charge in [0.25, 0.3) is 5.91 Å². The Hall–Kier alpha value is -4.59. The van der Waals surface area contributed by atoms with Gasteiger partial charge in [0.05, 0.1) is 23.9 Å². The van der Waals surface area contributed by atoms with Crippen molar-refractivity contribution < 1.29 is 28.3 Å². The van der Waals surface area contributed by atoms with Crippen molar-refractivity contribution in [1.29, 1.82) is 0 Å². The number of aryl methyl sites for hydroxylation is 2. The van der Waals surface area contributed by atoms with E-state index in [-0.39, 0.29) is 18.1 Å². The second-order valence-corrected chi connectivity index (χ2v) is 7.66. The lowest BCUT2D eigenvalue weighted by Crippen LogP contribution is -2.13. The standard InChI is InChI=1S/C27H24N2O6/c1-17-23(18(2)35-29-17)16-33-25-11-7-5-9-22(25)27(31)34-20-14-12-19(13-15-20)28-26(30)21-8-4-6-10-24(21)32-3/h4-15H,16H2,1-3H3,(H,28,30). The van der Waals surface area contributed by atoms with Gasteiger partial charge in [-0.3, -0.25) is 4.79 Å². The van der Waals surface area contributed by atoms with E-state index in [1.54, 1.807) is 79.7 Å². The van der Waals surface area contributed by atoms with Crippen molar-refractivity contribution in [1.82, 2.24) is 5.16 Å². The van der Waals surface area contributed by atoms with Crippen molar-refractivity contribution in [2.75, 3.05) is 12.4 Å². The molecule has 4 rings (SSSR count). The first-order chi connectivity index (χ1) is 17.0. The normalized spacial score (nSPS) is 10.5. The highest BCUT2D eigenvalue weighted by Crippen LogP contribution is 2.25. The molecule has 0 saturated carbocycles. The molecule has 35 heavy (non-hydrogen) atoms. The van der Waals surface area contributed by atoms with Gasteiger partial charge in [0.2, 0.25) is 0 Å². The summed E-state index contributed by atoms with van der Waals surface area (Å²) in [6.45, 7) is 3.85. The number of carbonyl (C=O) groups is 2. The molecule has 0 bridgehead atoms. The average Bonchev–Trinajstić information content (AvgIpc) is 3.20. The highest BCUT2D eigenvalue weighted by molar-refractivity contribution is 6.06. The molecule has 0 spiro atoms. The van der Waals surface area contributed by atoms with Crippen molar-refractivity contribution in [2.45, 2.75) is 20.5 Å². The third kappa shape index (κ3) is 5.50. The molecule has 1 heterocycles. The van der Waals surface area contributed by atoms with Gasteiger partial charge >= 0.3 is 5.97 Å². The Bertz CT molecular complexity index is 1320. The first kappa shape index (κ1) is 23.6. The zero-order valence-corrected chi connectivity index (χ0v) is 19.5. The number of ether oxygens (including phenoxy) is 3. The lowest BCUT2D eigenvalue weighted by Gasteiger charge is -2.12. The van der Waals surface area contributed by atoms with E-state index in [4.69, 9.17) is 18.7 Å². The van der Waals surface area contributed by atoms with Crippen molar-refractivity contribution in [3.63, 3.8) is 0 Å². The zero-order valence-electron chi connectivity index (χ0n) is 19.5. The molecule has 1 amide bonds. The van der Waals surface area contributed by atoms with Gasteiger partial charge in [0.1, 0.15) is 35.2 Å². The van der Waals surface area contributed by atoms with Gasteiger partial charge in [0.15, 0.2) is 0 Å². The summed E-state index contributed by atoms with van der Waals surface area (Å²) in [6, 6.07) is 20.3. The number of methoxy groups -OCH3 is 1. The van der Waals surface area contributed by atoms with Crippen LogP contribution in [-0.4, -0.2) is 24.1 Å². The lowest BCUT2D eigenvalue weighted by atomic mass is 10.2. The maximum atomic E-state index is 12.8. The Morgan fingerprint density at radius 1 is 0.886 bits per heavy atom. The smallest absolute Gasteiger partial charge is 0.347 e. The number of aromatic nitrogens is 1. The molecule has 8 heteroatoms. The molecule has 3 aromatic carbocycles. The number of nitrogens with one attached hydrogen (secondary N) is 1. The second kappa shape index (κ2) is 10.6. The third-order valence-corrected chi connectivity index (χ3v) is 5.33. The number of rotatable bonds is 8. The van der Waals surface area contributed by atoms with Crippen LogP contribution >= 0.6 is 0 Å². The van der Waals surface area contributed by atoms with E-state index >= 15 is 0 Å². The molecule has 0 aliphatic heterocycles. The zero-order chi connectivity index (χ0) is 24.8. The van der Waals surface area contributed by atoms with Crippen LogP contribution in [0.3, 0.4) is 0 Å². The summed E-state index contributed by atoms with van der Waals surface area (Å²) in [5, 5.41) is 6.71. The van der Waals surface area contributed by atoms with Gasteiger partial charge in [-0.2, -0.15) is 0 Å². The van der Waals surface area contributed by atoms with Crippen molar-refractivity contribution in [3.8, 4) is 17.2 Å². The number of benzene rings is 3. The molecule has 1 aromatic heterocycles. The Kier molecular flexibility index (Phi) is 7.11. The molecular formula is C27H24N2O6. The molecule has 178 valence electrons. The van der Waals surface area contributed by atoms with Crippen LogP contribution < -0.4 is 19.5 Å². The highest BCUT2D eigenvalue weighted by Gasteiger charge is 2.17. The molecule has 0 aliphatic rings. The molecule has 1 N–H and O–H groups in total. The topological polar surface area (TPSA) is 99.9 Å². The Morgan fingerprint density at radius 2 is 1.54 bits per heavy atom. The second-order valence-electron chi connectivity index (χ2n) is 7.66. The van der Waals surface area contributed by atoms with Gasteiger partial charge in [0, 0.05) is 5.69 Å². The van der Waals surface area contributed by atoms with E-state index in [1.165, 1.54) is 7.11 Å². The third-order valence-electron chi connectivity index (χ3n) is 5.33. The number of anilines is 1. The van der Waals surface area contributed by atoms with E-state index in [9.17, 15) is 9.59 Å². The van der Waals surface area contributed by atoms with Gasteiger partial charge in [-0.25, -0.2) is 4.79 Å². The van der Waals surface area contributed by atoms with E-state index in [2.05, 4.69) is 10.5 Å². The maximum Gasteiger partial charge on any atom is 0.347 e.